The van der Waals surface area contributed by atoms with Crippen molar-refractivity contribution in [2.24, 2.45) is 16.5 Å². The van der Waals surface area contributed by atoms with E-state index >= 15 is 0 Å². The van der Waals surface area contributed by atoms with E-state index in [2.05, 4.69) is 57.5 Å². The van der Waals surface area contributed by atoms with Gasteiger partial charge in [-0.1, -0.05) is 105 Å². The van der Waals surface area contributed by atoms with Gasteiger partial charge in [0.25, 0.3) is 0 Å². The van der Waals surface area contributed by atoms with Gasteiger partial charge in [-0.05, 0) is 71.2 Å². The first-order valence-corrected chi connectivity index (χ1v) is 26.0. The van der Waals surface area contributed by atoms with Gasteiger partial charge in [0.15, 0.2) is 5.96 Å². The zero-order valence-electron chi connectivity index (χ0n) is 43.1. The molecule has 8 amide bonds. The highest BCUT2D eigenvalue weighted by molar-refractivity contribution is 5.99. The molecule has 21 nitrogen and oxygen atoms in total. The number of fused-ring (bicyclic) bond motifs is 2. The molecule has 0 bridgehead atoms. The highest BCUT2D eigenvalue weighted by atomic mass is 16.2. The molecule has 0 saturated carbocycles. The molecule has 1 fully saturated rings. The summed E-state index contributed by atoms with van der Waals surface area (Å²) in [7, 11) is 0. The number of unbranched alkanes of at least 4 members (excludes halogenated alkanes) is 1. The van der Waals surface area contributed by atoms with Gasteiger partial charge < -0.3 is 59.0 Å². The van der Waals surface area contributed by atoms with Crippen LogP contribution in [0.15, 0.2) is 102 Å². The van der Waals surface area contributed by atoms with E-state index < -0.39 is 89.9 Å². The molecule has 1 aromatic heterocycles. The Morgan fingerprint density at radius 1 is 0.671 bits per heavy atom. The van der Waals surface area contributed by atoms with E-state index in [1.807, 2.05) is 91.9 Å². The standard InChI is InChI=1S/C55H71N13O8/c1-3-4-23-42(63-34(2)69)50(72)68-47-31-48(70)59-25-10-5-11-26-60-49(71)44(28-37-19-12-17-35-15-6-8-21-40(35)37)65-51(73)43(24-14-27-61-55(56)57)64-52(74)45(29-38-20-13-18-36-16-7-9-22-41(36)38)66-53(75)46(67-54(47)76)30-39-32-58-33-62-39/h6-9,12-13,15-22,32-33,42-47H,3-5,10-11,14,23-31H2,1-2H3,(H,58,62)(H,59,70)(H,60,71)(H,63,69)(H,64,74)(H,65,73)(H,66,75)(H,67,76)(H,68,72)(H4,56,57,61)/t42-,43-,44-,45+,46-,47-/m0/s1. The molecule has 5 aromatic rings. The molecule has 6 rings (SSSR count). The number of guanidine groups is 1. The van der Waals surface area contributed by atoms with Crippen molar-refractivity contribution in [1.82, 2.24) is 52.5 Å². The SMILES string of the molecule is CCCC[C@H](NC(C)=O)C(=O)N[C@H]1CC(=O)NCCCCCNC(=O)[C@H](Cc2cccc3ccccc23)NC(=O)[C@H](CCCN=C(N)N)NC(=O)[C@@H](Cc2cccc3ccccc23)NC(=O)[C@H](Cc2cnc[nH]2)NC1=O. The maximum absolute atomic E-state index is 15.0. The number of imidazole rings is 1. The maximum atomic E-state index is 15.0. The Labute approximate surface area is 441 Å². The van der Waals surface area contributed by atoms with Gasteiger partial charge in [0.2, 0.25) is 47.3 Å². The minimum absolute atomic E-state index is 0.0193. The smallest absolute Gasteiger partial charge is 0.243 e. The minimum atomic E-state index is -1.52. The number of nitrogens with one attached hydrogen (secondary N) is 9. The summed E-state index contributed by atoms with van der Waals surface area (Å²) in [5.74, 6) is -5.50. The summed E-state index contributed by atoms with van der Waals surface area (Å²) in [6.45, 7) is 3.75. The van der Waals surface area contributed by atoms with Crippen LogP contribution in [0.4, 0.5) is 0 Å². The first kappa shape index (κ1) is 56.9. The second-order valence-electron chi connectivity index (χ2n) is 19.0. The average molecular weight is 1040 g/mol. The summed E-state index contributed by atoms with van der Waals surface area (Å²) in [5.41, 5.74) is 13.2. The lowest BCUT2D eigenvalue weighted by atomic mass is 9.97. The third-order valence-electron chi connectivity index (χ3n) is 13.1. The first-order valence-electron chi connectivity index (χ1n) is 26.0. The summed E-state index contributed by atoms with van der Waals surface area (Å²) < 4.78 is 0. The normalized spacial score (nSPS) is 20.2. The molecular weight excluding hydrogens is 971 g/mol. The van der Waals surface area contributed by atoms with E-state index in [9.17, 15) is 38.4 Å². The lowest BCUT2D eigenvalue weighted by Gasteiger charge is -2.28. The van der Waals surface area contributed by atoms with Gasteiger partial charge >= 0.3 is 0 Å². The summed E-state index contributed by atoms with van der Waals surface area (Å²) in [5, 5.41) is 25.9. The number of carbonyl (C=O) groups is 8. The number of amides is 8. The second kappa shape index (κ2) is 28.9. The average Bonchev–Trinajstić information content (AvgIpc) is 3.92. The largest absolute Gasteiger partial charge is 0.370 e. The second-order valence-corrected chi connectivity index (χ2v) is 19.0. The number of nitrogens with zero attached hydrogens (tertiary/aromatic N) is 2. The monoisotopic (exact) mass is 1040 g/mol. The number of rotatable bonds is 16. The van der Waals surface area contributed by atoms with Crippen LogP contribution in [0.5, 0.6) is 0 Å². The zero-order valence-corrected chi connectivity index (χ0v) is 43.1. The third kappa shape index (κ3) is 17.4. The Morgan fingerprint density at radius 2 is 1.22 bits per heavy atom. The first-order chi connectivity index (χ1) is 36.7. The number of nitrogens with two attached hydrogens (primary N) is 2. The molecule has 21 heteroatoms. The Balaban J connectivity index is 1.39. The fourth-order valence-corrected chi connectivity index (χ4v) is 9.14. The summed E-state index contributed by atoms with van der Waals surface area (Å²) in [6.07, 6.45) is 5.57. The Bertz CT molecular complexity index is 2820. The molecule has 1 aliphatic heterocycles. The Kier molecular flexibility index (Phi) is 21.7. The van der Waals surface area contributed by atoms with Crippen LogP contribution in [0.1, 0.15) is 88.5 Å². The Morgan fingerprint density at radius 3 is 1.82 bits per heavy atom. The highest BCUT2D eigenvalue weighted by Gasteiger charge is 2.35. The lowest BCUT2D eigenvalue weighted by Crippen LogP contribution is -2.60. The van der Waals surface area contributed by atoms with Gasteiger partial charge in [-0.2, -0.15) is 0 Å². The van der Waals surface area contributed by atoms with Gasteiger partial charge in [-0.15, -0.1) is 0 Å². The molecule has 1 aliphatic rings. The van der Waals surface area contributed by atoms with E-state index in [1.165, 1.54) is 19.4 Å². The molecule has 0 radical (unpaired) electrons. The molecule has 0 spiro atoms. The number of hydrogen-bond acceptors (Lipinski definition) is 10. The summed E-state index contributed by atoms with van der Waals surface area (Å²) in [4.78, 5) is 124. The van der Waals surface area contributed by atoms with E-state index in [0.717, 1.165) is 27.1 Å². The number of hydrogen-bond donors (Lipinski definition) is 11. The van der Waals surface area contributed by atoms with E-state index in [0.29, 0.717) is 43.4 Å². The number of benzene rings is 4. The molecule has 0 unspecified atom stereocenters. The number of aromatic amines is 1. The minimum Gasteiger partial charge on any atom is -0.370 e. The van der Waals surface area contributed by atoms with Gasteiger partial charge in [0, 0.05) is 57.7 Å². The van der Waals surface area contributed by atoms with Gasteiger partial charge in [-0.3, -0.25) is 43.3 Å². The van der Waals surface area contributed by atoms with E-state index in [4.69, 9.17) is 11.5 Å². The maximum Gasteiger partial charge on any atom is 0.243 e. The fraction of sp³-hybridized carbons (Fsp3) is 0.418. The molecule has 404 valence electrons. The number of H-pyrrole nitrogens is 1. The highest BCUT2D eigenvalue weighted by Crippen LogP contribution is 2.22. The van der Waals surface area contributed by atoms with Crippen molar-refractivity contribution >= 4 is 74.8 Å². The molecule has 13 N–H and O–H groups in total. The molecule has 1 saturated heterocycles. The molecule has 2 heterocycles. The van der Waals surface area contributed by atoms with Crippen molar-refractivity contribution in [3.8, 4) is 0 Å². The number of aliphatic imine (C=N–C) groups is 1. The molecular formula is C55H71N13O8. The van der Waals surface area contributed by atoms with Crippen LogP contribution in [0.25, 0.3) is 21.5 Å². The predicted molar refractivity (Wildman–Crippen MR) is 289 cm³/mol. The van der Waals surface area contributed by atoms with Gasteiger partial charge in [0.1, 0.15) is 36.3 Å². The molecule has 4 aromatic carbocycles. The van der Waals surface area contributed by atoms with Crippen LogP contribution < -0.4 is 54.0 Å². The van der Waals surface area contributed by atoms with Crippen molar-refractivity contribution in [3.05, 3.63) is 114 Å². The van der Waals surface area contributed by atoms with Crippen LogP contribution in [-0.4, -0.2) is 119 Å². The predicted octanol–water partition coefficient (Wildman–Crippen LogP) is 1.72. The van der Waals surface area contributed by atoms with Crippen molar-refractivity contribution in [2.45, 2.75) is 127 Å². The quantitative estimate of drug-likeness (QED) is 0.0384. The van der Waals surface area contributed by atoms with Crippen LogP contribution in [0.2, 0.25) is 0 Å². The fourth-order valence-electron chi connectivity index (χ4n) is 9.14. The van der Waals surface area contributed by atoms with Crippen molar-refractivity contribution in [1.29, 1.82) is 0 Å². The van der Waals surface area contributed by atoms with Gasteiger partial charge in [0.05, 0.1) is 12.7 Å². The molecule has 0 aliphatic carbocycles. The third-order valence-corrected chi connectivity index (χ3v) is 13.1. The Hall–Kier alpha value is -8.36. The molecule has 76 heavy (non-hydrogen) atoms. The van der Waals surface area contributed by atoms with Crippen molar-refractivity contribution in [2.75, 3.05) is 19.6 Å². The van der Waals surface area contributed by atoms with Crippen LogP contribution >= 0.6 is 0 Å². The summed E-state index contributed by atoms with van der Waals surface area (Å²) >= 11 is 0. The zero-order chi connectivity index (χ0) is 54.4. The lowest BCUT2D eigenvalue weighted by molar-refractivity contribution is -0.136. The van der Waals surface area contributed by atoms with E-state index in [1.54, 1.807) is 0 Å². The molecule has 6 atom stereocenters. The van der Waals surface area contributed by atoms with Crippen LogP contribution in [0.3, 0.4) is 0 Å². The summed E-state index contributed by atoms with van der Waals surface area (Å²) in [6, 6.07) is 18.8. The van der Waals surface area contributed by atoms with Crippen LogP contribution in [0, 0.1) is 0 Å². The number of aromatic nitrogens is 2. The topological polar surface area (TPSA) is 326 Å². The van der Waals surface area contributed by atoms with Crippen molar-refractivity contribution in [3.63, 3.8) is 0 Å². The van der Waals surface area contributed by atoms with E-state index in [-0.39, 0.29) is 64.1 Å². The van der Waals surface area contributed by atoms with Gasteiger partial charge in [-0.25, -0.2) is 4.98 Å². The van der Waals surface area contributed by atoms with Crippen LogP contribution in [-0.2, 0) is 57.6 Å². The van der Waals surface area contributed by atoms with Crippen molar-refractivity contribution < 1.29 is 38.4 Å². The number of carbonyl (C=O) groups excluding carboxylic acids is 8.